The van der Waals surface area contributed by atoms with Crippen LogP contribution >= 0.6 is 93.5 Å². The molecule has 2 aliphatic heterocycles. The number of halogens is 4. The first-order chi connectivity index (χ1) is 38.0. The van der Waals surface area contributed by atoms with Crippen molar-refractivity contribution in [3.8, 4) is 0 Å². The van der Waals surface area contributed by atoms with Crippen LogP contribution in [0.3, 0.4) is 0 Å². The van der Waals surface area contributed by atoms with Crippen molar-refractivity contribution in [1.29, 1.82) is 0 Å². The number of amides is 4. The van der Waals surface area contributed by atoms with Crippen LogP contribution in [0.1, 0.15) is 132 Å². The molecule has 0 N–H and O–H groups in total. The van der Waals surface area contributed by atoms with Gasteiger partial charge in [0.1, 0.15) is 0 Å². The van der Waals surface area contributed by atoms with Gasteiger partial charge in [-0.05, 0) is 61.4 Å². The average molecular weight is 1190 g/mol. The van der Waals surface area contributed by atoms with Gasteiger partial charge in [-0.2, -0.15) is 0 Å². The van der Waals surface area contributed by atoms with E-state index >= 15 is 19.2 Å². The molecule has 2 aliphatic rings. The van der Waals surface area contributed by atoms with E-state index in [1.165, 1.54) is 56.8 Å². The van der Waals surface area contributed by atoms with Gasteiger partial charge >= 0.3 is 0 Å². The zero-order chi connectivity index (χ0) is 54.2. The molecule has 0 fully saturated rings. The topological polar surface area (TPSA) is 74.8 Å². The van der Waals surface area contributed by atoms with E-state index < -0.39 is 23.6 Å². The molecule has 0 saturated heterocycles. The minimum absolute atomic E-state index is 0.206. The standard InChI is InChI=1S/C64H54Cl4N2O4S4/c1-3-5-7-9-11-25-35-69-61(71)49-43-41-45(53(65)57(49)75-37-27-17-13-18-28-37)47-42-44-51(59(55(47)67)77-39-31-21-15-22-32-39)63(73)70(36-26-12-10-8-6-4-2)64(74)52(44)60(78-40-33-23-16-24-34-40)56(68)48(42)46(41)54(66)58(50(43)62(69)72)76-38-29-19-14-20-30-38/h13-24,27-34H,3-12,25-26,35-36H2,1-2H3. The van der Waals surface area contributed by atoms with Crippen LogP contribution in [0.5, 0.6) is 0 Å². The molecule has 9 aromatic rings. The Morgan fingerprint density at radius 2 is 0.538 bits per heavy atom. The summed E-state index contributed by atoms with van der Waals surface area (Å²) in [4.78, 5) is 70.8. The van der Waals surface area contributed by atoms with Crippen LogP contribution in [0, 0.1) is 0 Å². The number of hydrogen-bond acceptors (Lipinski definition) is 8. The third-order valence-corrected chi connectivity index (χ3v) is 21.2. The summed E-state index contributed by atoms with van der Waals surface area (Å²) in [6.45, 7) is 4.77. The van der Waals surface area contributed by atoms with E-state index in [-0.39, 0.29) is 55.4 Å². The predicted molar refractivity (Wildman–Crippen MR) is 327 cm³/mol. The van der Waals surface area contributed by atoms with Crippen molar-refractivity contribution in [2.24, 2.45) is 0 Å². The maximum Gasteiger partial charge on any atom is 0.262 e. The number of carbonyl (C=O) groups excluding carboxylic acids is 4. The van der Waals surface area contributed by atoms with E-state index in [2.05, 4.69) is 13.8 Å². The Balaban J connectivity index is 1.31. The highest BCUT2D eigenvalue weighted by Gasteiger charge is 2.45. The fourth-order valence-electron chi connectivity index (χ4n) is 11.1. The fraction of sp³-hybridized carbons (Fsp3) is 0.250. The molecule has 396 valence electrons. The van der Waals surface area contributed by atoms with Gasteiger partial charge in [0.15, 0.2) is 0 Å². The molecule has 0 bridgehead atoms. The van der Waals surface area contributed by atoms with E-state index in [4.69, 9.17) is 46.4 Å². The minimum Gasteiger partial charge on any atom is -0.274 e. The van der Waals surface area contributed by atoms with Gasteiger partial charge in [0, 0.05) is 95.3 Å². The largest absolute Gasteiger partial charge is 0.274 e. The highest BCUT2D eigenvalue weighted by Crippen LogP contribution is 2.62. The maximum absolute atomic E-state index is 15.7. The van der Waals surface area contributed by atoms with Gasteiger partial charge in [0.25, 0.3) is 23.6 Å². The number of benzene rings is 9. The number of unbranched alkanes of at least 4 members (excludes halogenated alkanes) is 10. The van der Waals surface area contributed by atoms with Gasteiger partial charge in [0.05, 0.1) is 42.3 Å². The van der Waals surface area contributed by atoms with Crippen molar-refractivity contribution in [2.75, 3.05) is 13.1 Å². The summed E-state index contributed by atoms with van der Waals surface area (Å²) in [6.07, 6.45) is 11.5. The SMILES string of the molecule is CCCCCCCCN1C(=O)c2c(Sc3ccccc3)c(Cl)c3c4c(Cl)c(Sc5ccccc5)c5c6c(c(Sc7ccccc7)c(Cl)c(c7c(Cl)c(Sc8ccccc8)c(c2c37)C1=O)c64)C(=O)N(CCCCCCCC)C5=O. The highest BCUT2D eigenvalue weighted by atomic mass is 35.5. The molecule has 2 heterocycles. The first-order valence-electron chi connectivity index (χ1n) is 26.8. The summed E-state index contributed by atoms with van der Waals surface area (Å²) >= 11 is 37.8. The molecule has 9 aromatic carbocycles. The molecule has 0 atom stereocenters. The third kappa shape index (κ3) is 9.99. The normalized spacial score (nSPS) is 13.5. The van der Waals surface area contributed by atoms with E-state index in [9.17, 15) is 0 Å². The van der Waals surface area contributed by atoms with Crippen LogP contribution in [-0.2, 0) is 0 Å². The van der Waals surface area contributed by atoms with Crippen LogP contribution in [0.2, 0.25) is 20.1 Å². The van der Waals surface area contributed by atoms with Gasteiger partial charge in [-0.25, -0.2) is 0 Å². The van der Waals surface area contributed by atoms with Crippen LogP contribution < -0.4 is 0 Å². The monoisotopic (exact) mass is 1180 g/mol. The van der Waals surface area contributed by atoms with Crippen LogP contribution in [0.25, 0.3) is 43.1 Å². The number of fused-ring (bicyclic) bond motifs is 2. The van der Waals surface area contributed by atoms with E-state index in [1.807, 2.05) is 121 Å². The molecule has 0 saturated carbocycles. The lowest BCUT2D eigenvalue weighted by Gasteiger charge is -2.35. The van der Waals surface area contributed by atoms with Gasteiger partial charge in [-0.3, -0.25) is 29.0 Å². The molecule has 0 aliphatic carbocycles. The molecule has 0 unspecified atom stereocenters. The van der Waals surface area contributed by atoms with E-state index in [0.717, 1.165) is 83.8 Å². The van der Waals surface area contributed by atoms with Crippen molar-refractivity contribution in [3.63, 3.8) is 0 Å². The molecule has 0 radical (unpaired) electrons. The first kappa shape index (κ1) is 55.0. The lowest BCUT2D eigenvalue weighted by molar-refractivity contribution is 0.0588. The van der Waals surface area contributed by atoms with Crippen LogP contribution in [0.4, 0.5) is 0 Å². The zero-order valence-electron chi connectivity index (χ0n) is 43.1. The first-order valence-corrected chi connectivity index (χ1v) is 31.6. The van der Waals surface area contributed by atoms with Gasteiger partial charge < -0.3 is 0 Å². The molecule has 14 heteroatoms. The smallest absolute Gasteiger partial charge is 0.262 e. The third-order valence-electron chi connectivity index (χ3n) is 14.7. The number of nitrogens with zero attached hydrogens (tertiary/aromatic N) is 2. The predicted octanol–water partition coefficient (Wildman–Crippen LogP) is 20.9. The Morgan fingerprint density at radius 3 is 0.782 bits per heavy atom. The molecule has 0 aromatic heterocycles. The van der Waals surface area contributed by atoms with Crippen molar-refractivity contribution in [1.82, 2.24) is 9.80 Å². The van der Waals surface area contributed by atoms with Crippen molar-refractivity contribution < 1.29 is 19.2 Å². The molecule has 0 spiro atoms. The second-order valence-electron chi connectivity index (χ2n) is 19.8. The van der Waals surface area contributed by atoms with Crippen molar-refractivity contribution >= 4 is 160 Å². The maximum atomic E-state index is 15.7. The van der Waals surface area contributed by atoms with Crippen LogP contribution in [-0.4, -0.2) is 46.5 Å². The summed E-state index contributed by atoms with van der Waals surface area (Å²) in [5.41, 5.74) is 1.15. The van der Waals surface area contributed by atoms with Gasteiger partial charge in [0.2, 0.25) is 0 Å². The van der Waals surface area contributed by atoms with Gasteiger partial charge in [-0.1, -0.05) is 244 Å². The molecular weight excluding hydrogens is 1130 g/mol. The Bertz CT molecular complexity index is 3340. The summed E-state index contributed by atoms with van der Waals surface area (Å²) in [7, 11) is 0. The second kappa shape index (κ2) is 24.1. The molecular formula is C64H54Cl4N2O4S4. The van der Waals surface area contributed by atoms with Crippen molar-refractivity contribution in [3.05, 3.63) is 164 Å². The lowest BCUT2D eigenvalue weighted by Crippen LogP contribution is -2.42. The summed E-state index contributed by atoms with van der Waals surface area (Å²) in [5, 5.41) is 4.34. The van der Waals surface area contributed by atoms with E-state index in [1.54, 1.807) is 0 Å². The number of imide groups is 2. The fourth-order valence-corrected chi connectivity index (χ4v) is 16.7. The number of rotatable bonds is 22. The zero-order valence-corrected chi connectivity index (χ0v) is 49.4. The van der Waals surface area contributed by atoms with E-state index in [0.29, 0.717) is 75.5 Å². The minimum atomic E-state index is -0.451. The summed E-state index contributed by atoms with van der Waals surface area (Å²) in [5.74, 6) is -1.81. The van der Waals surface area contributed by atoms with Crippen molar-refractivity contribution in [2.45, 2.75) is 130 Å². The Labute approximate surface area is 492 Å². The molecule has 11 rings (SSSR count). The lowest BCUT2D eigenvalue weighted by atomic mass is 9.81. The second-order valence-corrected chi connectivity index (χ2v) is 25.6. The summed E-state index contributed by atoms with van der Waals surface area (Å²) < 4.78 is 0. The quantitative estimate of drug-likeness (QED) is 0.0288. The summed E-state index contributed by atoms with van der Waals surface area (Å²) in [6, 6.07) is 38.9. The number of hydrogen-bond donors (Lipinski definition) is 0. The Hall–Kier alpha value is -4.88. The molecule has 4 amide bonds. The Kier molecular flexibility index (Phi) is 17.0. The molecule has 78 heavy (non-hydrogen) atoms. The molecule has 6 nitrogen and oxygen atoms in total. The number of carbonyl (C=O) groups is 4. The van der Waals surface area contributed by atoms with Gasteiger partial charge in [-0.15, -0.1) is 0 Å². The Morgan fingerprint density at radius 1 is 0.308 bits per heavy atom. The highest BCUT2D eigenvalue weighted by molar-refractivity contribution is 8.00. The average Bonchev–Trinajstić information content (AvgIpc) is 3.64. The van der Waals surface area contributed by atoms with Crippen LogP contribution in [0.15, 0.2) is 160 Å².